The second kappa shape index (κ2) is 4.33. The Morgan fingerprint density at radius 2 is 2.07 bits per heavy atom. The van der Waals surface area contributed by atoms with Crippen LogP contribution in [0.15, 0.2) is 24.3 Å². The Balaban J connectivity index is 2.72. The van der Waals surface area contributed by atoms with E-state index in [-0.39, 0.29) is 11.4 Å². The smallest absolute Gasteiger partial charge is 0.142 e. The van der Waals surface area contributed by atoms with Crippen molar-refractivity contribution >= 4 is 5.69 Å². The van der Waals surface area contributed by atoms with Crippen LogP contribution in [0, 0.1) is 0 Å². The summed E-state index contributed by atoms with van der Waals surface area (Å²) in [5.41, 5.74) is -0.0748. The van der Waals surface area contributed by atoms with E-state index in [0.717, 1.165) is 0 Å². The molecule has 0 aromatic heterocycles. The average molecular weight is 200 g/mol. The number of anilines is 1. The van der Waals surface area contributed by atoms with Crippen LogP contribution in [0.5, 0.6) is 5.75 Å². The second-order valence-corrected chi connectivity index (χ2v) is 2.61. The summed E-state index contributed by atoms with van der Waals surface area (Å²) >= 11 is 0. The lowest BCUT2D eigenvalue weighted by atomic mass is 10.2. The molecule has 1 aliphatic rings. The third-order valence-electron chi connectivity index (χ3n) is 1.79. The highest BCUT2D eigenvalue weighted by Crippen LogP contribution is 2.27. The molecular weight excluding hydrogens is 176 g/mol. The second-order valence-electron chi connectivity index (χ2n) is 2.61. The van der Waals surface area contributed by atoms with Crippen LogP contribution < -0.4 is 15.0 Å². The Labute approximate surface area is 95.9 Å². The molecule has 2 rings (SSSR count). The molecule has 0 unspecified atom stereocenters. The monoisotopic (exact) mass is 200 g/mol. The van der Waals surface area contributed by atoms with Crippen LogP contribution in [0.4, 0.5) is 5.69 Å². The van der Waals surface area contributed by atoms with Crippen LogP contribution in [0.1, 0.15) is 11.0 Å². The number of piperazine rings is 1. The van der Waals surface area contributed by atoms with Gasteiger partial charge in [-0.1, -0.05) is 12.1 Å². The summed E-state index contributed by atoms with van der Waals surface area (Å²) in [6.45, 7) is -11.4. The van der Waals surface area contributed by atoms with Gasteiger partial charge in [0.1, 0.15) is 5.75 Å². The summed E-state index contributed by atoms with van der Waals surface area (Å²) in [4.78, 5) is 0.454. The van der Waals surface area contributed by atoms with Gasteiger partial charge in [0, 0.05) is 31.5 Å². The van der Waals surface area contributed by atoms with E-state index >= 15 is 0 Å². The highest BCUT2D eigenvalue weighted by Gasteiger charge is 2.13. The number of ether oxygens (including phenoxy) is 1. The SMILES string of the molecule is [2H]C1([2H])NC([2H])([2H])C([2H])([2H])N(c2ccccc2OC)C1([2H])[2H]. The van der Waals surface area contributed by atoms with E-state index in [4.69, 9.17) is 15.7 Å². The fraction of sp³-hybridized carbons (Fsp3) is 0.455. The van der Waals surface area contributed by atoms with E-state index in [1.165, 1.54) is 25.3 Å². The fourth-order valence-corrected chi connectivity index (χ4v) is 1.16. The summed E-state index contributed by atoms with van der Waals surface area (Å²) < 4.78 is 68.2. The fourth-order valence-electron chi connectivity index (χ4n) is 1.16. The number of hydrogen-bond acceptors (Lipinski definition) is 3. The zero-order valence-corrected chi connectivity index (χ0v) is 7.66. The maximum Gasteiger partial charge on any atom is 0.142 e. The molecule has 0 aliphatic carbocycles. The van der Waals surface area contributed by atoms with Gasteiger partial charge < -0.3 is 15.0 Å². The number of benzene rings is 1. The lowest BCUT2D eigenvalue weighted by Crippen LogP contribution is -2.43. The molecule has 0 amide bonds. The van der Waals surface area contributed by atoms with E-state index in [9.17, 15) is 0 Å². The molecule has 3 heteroatoms. The summed E-state index contributed by atoms with van der Waals surface area (Å²) in [6, 6.07) is 5.93. The quantitative estimate of drug-likeness (QED) is 0.774. The lowest BCUT2D eigenvalue weighted by Gasteiger charge is -2.30. The minimum absolute atomic E-state index is 0.0748. The third-order valence-corrected chi connectivity index (χ3v) is 1.79. The van der Waals surface area contributed by atoms with Gasteiger partial charge in [-0.3, -0.25) is 0 Å². The first-order chi connectivity index (χ1) is 9.88. The summed E-state index contributed by atoms with van der Waals surface area (Å²) in [6.07, 6.45) is 0. The predicted octanol–water partition coefficient (Wildman–Crippen LogP) is 1.10. The topological polar surface area (TPSA) is 24.5 Å². The van der Waals surface area contributed by atoms with E-state index in [2.05, 4.69) is 0 Å². The van der Waals surface area contributed by atoms with Crippen molar-refractivity contribution in [3.05, 3.63) is 24.3 Å². The number of rotatable bonds is 2. The molecule has 0 saturated carbocycles. The van der Waals surface area contributed by atoms with Crippen molar-refractivity contribution in [2.24, 2.45) is 0 Å². The summed E-state index contributed by atoms with van der Waals surface area (Å²) in [5, 5.41) is 1.78. The predicted molar refractivity (Wildman–Crippen MR) is 58.1 cm³/mol. The zero-order valence-electron chi connectivity index (χ0n) is 15.7. The van der Waals surface area contributed by atoms with Crippen molar-refractivity contribution in [2.45, 2.75) is 0 Å². The maximum atomic E-state index is 8.02. The molecule has 76 valence electrons. The van der Waals surface area contributed by atoms with Crippen LogP contribution in [0.3, 0.4) is 0 Å². The molecular formula is C11H16N2O. The van der Waals surface area contributed by atoms with Crippen LogP contribution in [-0.4, -0.2) is 33.1 Å². The van der Waals surface area contributed by atoms with Crippen LogP contribution in [0.25, 0.3) is 0 Å². The number of hydrogen-bond donors (Lipinski definition) is 1. The Hall–Kier alpha value is -1.22. The average Bonchev–Trinajstić information content (AvgIpc) is 2.36. The van der Waals surface area contributed by atoms with Gasteiger partial charge in [-0.2, -0.15) is 0 Å². The Morgan fingerprint density at radius 1 is 1.36 bits per heavy atom. The zero-order chi connectivity index (χ0) is 17.0. The Kier molecular flexibility index (Phi) is 1.16. The summed E-state index contributed by atoms with van der Waals surface area (Å²) in [7, 11) is 1.31. The van der Waals surface area contributed by atoms with Crippen molar-refractivity contribution in [3.63, 3.8) is 0 Å². The van der Waals surface area contributed by atoms with Gasteiger partial charge in [0.15, 0.2) is 0 Å². The standard InChI is InChI=1S/C11H16N2O/c1-14-11-5-3-2-4-10(11)13-8-6-12-7-9-13/h2-5,12H,6-9H2,1H3/i6D2,7D2,8D2,9D2. The Bertz CT molecular complexity index is 551. The minimum Gasteiger partial charge on any atom is -0.495 e. The molecule has 1 saturated heterocycles. The minimum atomic E-state index is -2.86. The van der Waals surface area contributed by atoms with Crippen molar-refractivity contribution in [2.75, 3.05) is 38.0 Å². The molecule has 0 bridgehead atoms. The number of nitrogens with one attached hydrogen (secondary N) is 1. The highest BCUT2D eigenvalue weighted by molar-refractivity contribution is 5.58. The first-order valence-corrected chi connectivity index (χ1v) is 4.11. The van der Waals surface area contributed by atoms with Crippen LogP contribution >= 0.6 is 0 Å². The van der Waals surface area contributed by atoms with Gasteiger partial charge in [-0.05, 0) is 12.1 Å². The molecule has 1 aromatic carbocycles. The Morgan fingerprint density at radius 3 is 2.79 bits per heavy atom. The molecule has 0 atom stereocenters. The molecule has 14 heavy (non-hydrogen) atoms. The van der Waals surface area contributed by atoms with E-state index in [1.807, 2.05) is 0 Å². The van der Waals surface area contributed by atoms with Gasteiger partial charge in [0.25, 0.3) is 0 Å². The molecule has 1 heterocycles. The first kappa shape index (κ1) is 3.74. The van der Waals surface area contributed by atoms with Gasteiger partial charge in [-0.15, -0.1) is 0 Å². The molecule has 1 aliphatic heterocycles. The van der Waals surface area contributed by atoms with Gasteiger partial charge in [-0.25, -0.2) is 0 Å². The lowest BCUT2D eigenvalue weighted by molar-refractivity contribution is 0.413. The van der Waals surface area contributed by atoms with E-state index < -0.39 is 26.0 Å². The first-order valence-electron chi connectivity index (χ1n) is 8.11. The van der Waals surface area contributed by atoms with Crippen LogP contribution in [0.2, 0.25) is 0 Å². The number of methoxy groups -OCH3 is 1. The van der Waals surface area contributed by atoms with Crippen LogP contribution in [-0.2, 0) is 0 Å². The van der Waals surface area contributed by atoms with Crippen molar-refractivity contribution in [1.82, 2.24) is 5.32 Å². The molecule has 1 fully saturated rings. The number of nitrogens with zero attached hydrogens (tertiary/aromatic N) is 1. The molecule has 1 aromatic rings. The van der Waals surface area contributed by atoms with E-state index in [0.29, 0.717) is 4.90 Å². The maximum absolute atomic E-state index is 8.02. The van der Waals surface area contributed by atoms with Gasteiger partial charge >= 0.3 is 0 Å². The molecule has 3 nitrogen and oxygen atoms in total. The van der Waals surface area contributed by atoms with Gasteiger partial charge in [0.05, 0.1) is 18.3 Å². The van der Waals surface area contributed by atoms with Gasteiger partial charge in [0.2, 0.25) is 0 Å². The highest BCUT2D eigenvalue weighted by atomic mass is 16.5. The van der Waals surface area contributed by atoms with Crippen molar-refractivity contribution < 1.29 is 15.7 Å². The van der Waals surface area contributed by atoms with E-state index in [1.54, 1.807) is 11.4 Å². The molecule has 0 radical (unpaired) electrons. The third kappa shape index (κ3) is 1.82. The normalized spacial score (nSPS) is 39.6. The molecule has 1 N–H and O–H groups in total. The summed E-state index contributed by atoms with van der Waals surface area (Å²) in [5.74, 6) is 0.115. The largest absolute Gasteiger partial charge is 0.495 e. The van der Waals surface area contributed by atoms with Crippen molar-refractivity contribution in [1.29, 1.82) is 0 Å². The molecule has 0 spiro atoms. The van der Waals surface area contributed by atoms with Crippen molar-refractivity contribution in [3.8, 4) is 5.75 Å². The number of para-hydroxylation sites is 2.